The van der Waals surface area contributed by atoms with Gasteiger partial charge in [0.15, 0.2) is 0 Å². The molecule has 6 nitrogen and oxygen atoms in total. The van der Waals surface area contributed by atoms with Crippen LogP contribution in [0.1, 0.15) is 25.7 Å². The van der Waals surface area contributed by atoms with Crippen LogP contribution in [0.3, 0.4) is 0 Å². The van der Waals surface area contributed by atoms with Crippen LogP contribution in [0.15, 0.2) is 48.5 Å². The number of amides is 1. The molecule has 1 unspecified atom stereocenters. The molecule has 136 valence electrons. The van der Waals surface area contributed by atoms with E-state index in [1.165, 1.54) is 6.92 Å². The highest BCUT2D eigenvalue weighted by molar-refractivity contribution is 5.77. The van der Waals surface area contributed by atoms with Gasteiger partial charge in [-0.15, -0.1) is 0 Å². The van der Waals surface area contributed by atoms with Crippen LogP contribution >= 0.6 is 0 Å². The molecular formula is C20H23N3O3. The number of benzene rings is 2. The van der Waals surface area contributed by atoms with E-state index >= 15 is 0 Å². The smallest absolute Gasteiger partial charge is 0.217 e. The maximum atomic E-state index is 11.4. The van der Waals surface area contributed by atoms with Gasteiger partial charge in [0.25, 0.3) is 0 Å². The summed E-state index contributed by atoms with van der Waals surface area (Å²) in [5.74, 6) is 2.25. The van der Waals surface area contributed by atoms with Crippen molar-refractivity contribution in [3.63, 3.8) is 0 Å². The predicted octanol–water partition coefficient (Wildman–Crippen LogP) is 3.32. The van der Waals surface area contributed by atoms with Crippen molar-refractivity contribution in [1.29, 1.82) is 0 Å². The van der Waals surface area contributed by atoms with E-state index in [4.69, 9.17) is 14.5 Å². The Morgan fingerprint density at radius 1 is 1.19 bits per heavy atom. The molecule has 0 saturated carbocycles. The molecule has 3 rings (SSSR count). The highest BCUT2D eigenvalue weighted by atomic mass is 16.5. The standard InChI is InChI=1S/C20H23N3O3/c1-14(21-15(2)24)20-22-18-9-4-5-10-19(18)23(20)11-12-26-17-8-6-7-16(13-17)25-3/h4-10,13-14H,11-12H2,1-3H3,(H,21,24). The Balaban J connectivity index is 1.80. The summed E-state index contributed by atoms with van der Waals surface area (Å²) in [4.78, 5) is 16.1. The SMILES string of the molecule is COc1cccc(OCCn2c(C(C)NC(C)=O)nc3ccccc32)c1. The fourth-order valence-electron chi connectivity index (χ4n) is 2.97. The van der Waals surface area contributed by atoms with E-state index in [0.29, 0.717) is 13.2 Å². The second-order valence-corrected chi connectivity index (χ2v) is 6.06. The number of carbonyl (C=O) groups excluding carboxylic acids is 1. The van der Waals surface area contributed by atoms with Crippen LogP contribution in [0.4, 0.5) is 0 Å². The zero-order chi connectivity index (χ0) is 18.5. The van der Waals surface area contributed by atoms with Gasteiger partial charge in [0, 0.05) is 13.0 Å². The minimum atomic E-state index is -0.184. The molecule has 0 aliphatic carbocycles. The Hall–Kier alpha value is -3.02. The number of methoxy groups -OCH3 is 1. The summed E-state index contributed by atoms with van der Waals surface area (Å²) in [7, 11) is 1.63. The number of fused-ring (bicyclic) bond motifs is 1. The van der Waals surface area contributed by atoms with Crippen molar-refractivity contribution in [2.45, 2.75) is 26.4 Å². The Morgan fingerprint density at radius 3 is 2.73 bits per heavy atom. The van der Waals surface area contributed by atoms with Gasteiger partial charge in [-0.3, -0.25) is 4.79 Å². The van der Waals surface area contributed by atoms with Crippen molar-refractivity contribution >= 4 is 16.9 Å². The van der Waals surface area contributed by atoms with Crippen molar-refractivity contribution in [3.8, 4) is 11.5 Å². The molecular weight excluding hydrogens is 330 g/mol. The molecule has 26 heavy (non-hydrogen) atoms. The fourth-order valence-corrected chi connectivity index (χ4v) is 2.97. The van der Waals surface area contributed by atoms with E-state index in [1.54, 1.807) is 7.11 Å². The molecule has 0 fully saturated rings. The number of hydrogen-bond donors (Lipinski definition) is 1. The van der Waals surface area contributed by atoms with Gasteiger partial charge in [0.05, 0.1) is 30.7 Å². The lowest BCUT2D eigenvalue weighted by atomic mass is 10.3. The van der Waals surface area contributed by atoms with E-state index in [0.717, 1.165) is 28.4 Å². The summed E-state index contributed by atoms with van der Waals surface area (Å²) >= 11 is 0. The molecule has 0 radical (unpaired) electrons. The number of aromatic nitrogens is 2. The van der Waals surface area contributed by atoms with Crippen LogP contribution in [0.5, 0.6) is 11.5 Å². The van der Waals surface area contributed by atoms with E-state index in [2.05, 4.69) is 9.88 Å². The first kappa shape index (κ1) is 17.8. The lowest BCUT2D eigenvalue weighted by Gasteiger charge is -2.16. The monoisotopic (exact) mass is 353 g/mol. The number of hydrogen-bond acceptors (Lipinski definition) is 4. The first-order chi connectivity index (χ1) is 12.6. The van der Waals surface area contributed by atoms with Gasteiger partial charge in [0.1, 0.15) is 23.9 Å². The van der Waals surface area contributed by atoms with E-state index in [9.17, 15) is 4.79 Å². The molecule has 1 N–H and O–H groups in total. The summed E-state index contributed by atoms with van der Waals surface area (Å²) in [6.45, 7) is 4.54. The largest absolute Gasteiger partial charge is 0.497 e. The molecule has 0 aliphatic rings. The number of para-hydroxylation sites is 2. The third-order valence-electron chi connectivity index (χ3n) is 4.12. The van der Waals surface area contributed by atoms with Crippen molar-refractivity contribution in [3.05, 3.63) is 54.4 Å². The average Bonchev–Trinajstić information content (AvgIpc) is 3.00. The van der Waals surface area contributed by atoms with Crippen LogP contribution in [0, 0.1) is 0 Å². The van der Waals surface area contributed by atoms with Crippen molar-refractivity contribution in [2.75, 3.05) is 13.7 Å². The number of carbonyl (C=O) groups is 1. The maximum absolute atomic E-state index is 11.4. The van der Waals surface area contributed by atoms with Gasteiger partial charge in [-0.2, -0.15) is 0 Å². The molecule has 0 saturated heterocycles. The molecule has 1 aromatic heterocycles. The second-order valence-electron chi connectivity index (χ2n) is 6.06. The summed E-state index contributed by atoms with van der Waals surface area (Å²) in [5, 5.41) is 2.90. The van der Waals surface area contributed by atoms with E-state index < -0.39 is 0 Å². The van der Waals surface area contributed by atoms with Gasteiger partial charge in [-0.05, 0) is 31.2 Å². The minimum Gasteiger partial charge on any atom is -0.497 e. The molecule has 6 heteroatoms. The maximum Gasteiger partial charge on any atom is 0.217 e. The van der Waals surface area contributed by atoms with Crippen molar-refractivity contribution < 1.29 is 14.3 Å². The van der Waals surface area contributed by atoms with Crippen LogP contribution in [0.2, 0.25) is 0 Å². The first-order valence-corrected chi connectivity index (χ1v) is 8.57. The third-order valence-corrected chi connectivity index (χ3v) is 4.12. The second kappa shape index (κ2) is 7.91. The normalized spacial score (nSPS) is 12.0. The summed E-state index contributed by atoms with van der Waals surface area (Å²) in [6.07, 6.45) is 0. The molecule has 0 bridgehead atoms. The number of ether oxygens (including phenoxy) is 2. The van der Waals surface area contributed by atoms with Crippen LogP contribution in [-0.4, -0.2) is 29.2 Å². The van der Waals surface area contributed by atoms with Crippen LogP contribution in [-0.2, 0) is 11.3 Å². The summed E-state index contributed by atoms with van der Waals surface area (Å²) < 4.78 is 13.2. The molecule has 1 amide bonds. The summed E-state index contributed by atoms with van der Waals surface area (Å²) in [5.41, 5.74) is 1.93. The first-order valence-electron chi connectivity index (χ1n) is 8.57. The van der Waals surface area contributed by atoms with Crippen molar-refractivity contribution in [1.82, 2.24) is 14.9 Å². The molecule has 0 aliphatic heterocycles. The zero-order valence-electron chi connectivity index (χ0n) is 15.2. The fraction of sp³-hybridized carbons (Fsp3) is 0.300. The zero-order valence-corrected chi connectivity index (χ0v) is 15.2. The lowest BCUT2D eigenvalue weighted by Crippen LogP contribution is -2.27. The Kier molecular flexibility index (Phi) is 5.41. The summed E-state index contributed by atoms with van der Waals surface area (Å²) in [6, 6.07) is 15.3. The van der Waals surface area contributed by atoms with Gasteiger partial charge >= 0.3 is 0 Å². The third kappa shape index (κ3) is 3.96. The number of imidazole rings is 1. The topological polar surface area (TPSA) is 65.4 Å². The molecule has 1 atom stereocenters. The van der Waals surface area contributed by atoms with E-state index in [-0.39, 0.29) is 11.9 Å². The Labute approximate surface area is 152 Å². The van der Waals surface area contributed by atoms with Gasteiger partial charge < -0.3 is 19.4 Å². The van der Waals surface area contributed by atoms with Gasteiger partial charge in [-0.25, -0.2) is 4.98 Å². The molecule has 2 aromatic carbocycles. The quantitative estimate of drug-likeness (QED) is 0.708. The number of rotatable bonds is 7. The van der Waals surface area contributed by atoms with Gasteiger partial charge in [-0.1, -0.05) is 18.2 Å². The van der Waals surface area contributed by atoms with Gasteiger partial charge in [0.2, 0.25) is 5.91 Å². The van der Waals surface area contributed by atoms with Crippen LogP contribution in [0.25, 0.3) is 11.0 Å². The molecule has 0 spiro atoms. The Bertz CT molecular complexity index is 904. The van der Waals surface area contributed by atoms with Crippen LogP contribution < -0.4 is 14.8 Å². The average molecular weight is 353 g/mol. The predicted molar refractivity (Wildman–Crippen MR) is 100 cm³/mol. The number of nitrogens with one attached hydrogen (secondary N) is 1. The number of nitrogens with zero attached hydrogens (tertiary/aromatic N) is 2. The Morgan fingerprint density at radius 2 is 1.96 bits per heavy atom. The highest BCUT2D eigenvalue weighted by Crippen LogP contribution is 2.22. The highest BCUT2D eigenvalue weighted by Gasteiger charge is 2.17. The minimum absolute atomic E-state index is 0.0799. The molecule has 1 heterocycles. The van der Waals surface area contributed by atoms with E-state index in [1.807, 2.05) is 55.5 Å². The van der Waals surface area contributed by atoms with Crippen molar-refractivity contribution in [2.24, 2.45) is 0 Å². The molecule has 3 aromatic rings. The lowest BCUT2D eigenvalue weighted by molar-refractivity contribution is -0.119.